The number of hydrogen-bond donors (Lipinski definition) is 2. The summed E-state index contributed by atoms with van der Waals surface area (Å²) in [5.41, 5.74) is 1.95. The highest BCUT2D eigenvalue weighted by Gasteiger charge is 2.34. The van der Waals surface area contributed by atoms with Gasteiger partial charge in [-0.3, -0.25) is 4.79 Å². The van der Waals surface area contributed by atoms with Crippen molar-refractivity contribution in [1.29, 1.82) is 0 Å². The van der Waals surface area contributed by atoms with E-state index in [1.54, 1.807) is 10.9 Å². The molecule has 1 aliphatic rings. The number of carbonyl (C=O) groups is 1. The third-order valence-electron chi connectivity index (χ3n) is 3.54. The van der Waals surface area contributed by atoms with Gasteiger partial charge in [-0.15, -0.1) is 0 Å². The van der Waals surface area contributed by atoms with Gasteiger partial charge in [-0.05, 0) is 30.7 Å². The predicted octanol–water partition coefficient (Wildman–Crippen LogP) is 1.40. The summed E-state index contributed by atoms with van der Waals surface area (Å²) in [5, 5.41) is 16.5. The zero-order chi connectivity index (χ0) is 13.2. The van der Waals surface area contributed by atoms with Gasteiger partial charge in [0.25, 0.3) is 0 Å². The van der Waals surface area contributed by atoms with Gasteiger partial charge in [0.05, 0.1) is 11.9 Å². The number of aromatic nitrogens is 2. The molecule has 5 heteroatoms. The molecule has 1 aromatic carbocycles. The average Bonchev–Trinajstić information content (AvgIpc) is 3.08. The van der Waals surface area contributed by atoms with Gasteiger partial charge in [0.1, 0.15) is 6.04 Å². The first kappa shape index (κ1) is 11.9. The van der Waals surface area contributed by atoms with E-state index in [0.29, 0.717) is 0 Å². The molecule has 5 nitrogen and oxygen atoms in total. The van der Waals surface area contributed by atoms with Crippen LogP contribution < -0.4 is 5.32 Å². The third-order valence-corrected chi connectivity index (χ3v) is 3.54. The Kier molecular flexibility index (Phi) is 3.05. The molecule has 3 rings (SSSR count). The van der Waals surface area contributed by atoms with Crippen LogP contribution in [-0.4, -0.2) is 33.4 Å². The van der Waals surface area contributed by atoms with Crippen LogP contribution in [0.5, 0.6) is 0 Å². The van der Waals surface area contributed by atoms with Gasteiger partial charge in [-0.2, -0.15) is 5.10 Å². The first-order chi connectivity index (χ1) is 9.25. The molecule has 1 aromatic heterocycles. The smallest absolute Gasteiger partial charge is 0.321 e. The minimum absolute atomic E-state index is 0.00466. The van der Waals surface area contributed by atoms with Gasteiger partial charge in [0.2, 0.25) is 0 Å². The minimum atomic E-state index is -0.796. The van der Waals surface area contributed by atoms with Gasteiger partial charge in [0.15, 0.2) is 0 Å². The largest absolute Gasteiger partial charge is 0.480 e. The number of nitrogens with one attached hydrogen (secondary N) is 1. The van der Waals surface area contributed by atoms with Crippen LogP contribution in [-0.2, 0) is 4.79 Å². The lowest BCUT2D eigenvalue weighted by Crippen LogP contribution is -2.34. The molecule has 2 unspecified atom stereocenters. The topological polar surface area (TPSA) is 67.2 Å². The molecule has 1 saturated heterocycles. The van der Waals surface area contributed by atoms with Crippen molar-refractivity contribution in [2.24, 2.45) is 0 Å². The normalized spacial score (nSPS) is 22.5. The second-order valence-electron chi connectivity index (χ2n) is 4.72. The molecule has 0 saturated carbocycles. The van der Waals surface area contributed by atoms with E-state index in [0.717, 1.165) is 24.2 Å². The number of aliphatic carboxylic acids is 1. The van der Waals surface area contributed by atoms with Crippen LogP contribution >= 0.6 is 0 Å². The molecule has 0 spiro atoms. The Morgan fingerprint density at radius 3 is 2.89 bits per heavy atom. The second-order valence-corrected chi connectivity index (χ2v) is 4.72. The first-order valence-corrected chi connectivity index (χ1v) is 6.32. The van der Waals surface area contributed by atoms with Crippen molar-refractivity contribution in [1.82, 2.24) is 15.1 Å². The summed E-state index contributed by atoms with van der Waals surface area (Å²) in [6.45, 7) is 0.734. The molecule has 0 amide bonds. The van der Waals surface area contributed by atoms with Crippen molar-refractivity contribution >= 4 is 5.97 Å². The van der Waals surface area contributed by atoms with Gasteiger partial charge in [-0.25, -0.2) is 4.68 Å². The number of para-hydroxylation sites is 1. The molecule has 0 bridgehead atoms. The molecule has 2 N–H and O–H groups in total. The summed E-state index contributed by atoms with van der Waals surface area (Å²) in [6, 6.07) is 9.29. The summed E-state index contributed by atoms with van der Waals surface area (Å²) in [5.74, 6) is -0.801. The SMILES string of the molecule is O=C(O)C1NCCC1c1cnn(-c2ccccc2)c1. The monoisotopic (exact) mass is 257 g/mol. The van der Waals surface area contributed by atoms with Crippen molar-refractivity contribution in [3.63, 3.8) is 0 Å². The lowest BCUT2D eigenvalue weighted by molar-refractivity contribution is -0.139. The number of carboxylic acids is 1. The maximum Gasteiger partial charge on any atom is 0.321 e. The fourth-order valence-corrected chi connectivity index (χ4v) is 2.57. The lowest BCUT2D eigenvalue weighted by Gasteiger charge is -2.13. The van der Waals surface area contributed by atoms with Crippen LogP contribution in [0.25, 0.3) is 5.69 Å². The average molecular weight is 257 g/mol. The van der Waals surface area contributed by atoms with E-state index in [-0.39, 0.29) is 5.92 Å². The van der Waals surface area contributed by atoms with Crippen LogP contribution in [0, 0.1) is 0 Å². The fourth-order valence-electron chi connectivity index (χ4n) is 2.57. The van der Waals surface area contributed by atoms with Gasteiger partial charge in [-0.1, -0.05) is 18.2 Å². The highest BCUT2D eigenvalue weighted by Crippen LogP contribution is 2.28. The summed E-state index contributed by atoms with van der Waals surface area (Å²) in [7, 11) is 0. The number of hydrogen-bond acceptors (Lipinski definition) is 3. The maximum atomic E-state index is 11.2. The Morgan fingerprint density at radius 2 is 2.16 bits per heavy atom. The van der Waals surface area contributed by atoms with Gasteiger partial charge < -0.3 is 10.4 Å². The van der Waals surface area contributed by atoms with Crippen LogP contribution in [0.3, 0.4) is 0 Å². The second kappa shape index (κ2) is 4.85. The summed E-state index contributed by atoms with van der Waals surface area (Å²) < 4.78 is 1.78. The highest BCUT2D eigenvalue weighted by molar-refractivity contribution is 5.75. The quantitative estimate of drug-likeness (QED) is 0.872. The summed E-state index contributed by atoms with van der Waals surface area (Å²) in [4.78, 5) is 11.2. The molecular weight excluding hydrogens is 242 g/mol. The van der Waals surface area contributed by atoms with E-state index < -0.39 is 12.0 Å². The van der Waals surface area contributed by atoms with E-state index in [4.69, 9.17) is 0 Å². The van der Waals surface area contributed by atoms with Gasteiger partial charge >= 0.3 is 5.97 Å². The number of nitrogens with zero attached hydrogens (tertiary/aromatic N) is 2. The van der Waals surface area contributed by atoms with E-state index in [2.05, 4.69) is 10.4 Å². The molecule has 0 radical (unpaired) electrons. The highest BCUT2D eigenvalue weighted by atomic mass is 16.4. The molecular formula is C14H15N3O2. The first-order valence-electron chi connectivity index (χ1n) is 6.32. The Bertz CT molecular complexity index is 579. The number of rotatable bonds is 3. The molecule has 1 aliphatic heterocycles. The van der Waals surface area contributed by atoms with Crippen molar-refractivity contribution < 1.29 is 9.90 Å². The van der Waals surface area contributed by atoms with Crippen molar-refractivity contribution in [3.8, 4) is 5.69 Å². The molecule has 98 valence electrons. The van der Waals surface area contributed by atoms with Crippen LogP contribution in [0.2, 0.25) is 0 Å². The number of carboxylic acid groups (broad SMARTS) is 1. The molecule has 19 heavy (non-hydrogen) atoms. The number of benzene rings is 1. The van der Waals surface area contributed by atoms with Crippen molar-refractivity contribution in [2.75, 3.05) is 6.54 Å². The molecule has 2 aromatic rings. The Morgan fingerprint density at radius 1 is 1.37 bits per heavy atom. The molecule has 1 fully saturated rings. The van der Waals surface area contributed by atoms with Gasteiger partial charge in [0, 0.05) is 12.1 Å². The lowest BCUT2D eigenvalue weighted by atomic mass is 9.95. The minimum Gasteiger partial charge on any atom is -0.480 e. The Hall–Kier alpha value is -2.14. The van der Waals surface area contributed by atoms with Crippen LogP contribution in [0.15, 0.2) is 42.7 Å². The fraction of sp³-hybridized carbons (Fsp3) is 0.286. The molecule has 0 aliphatic carbocycles. The van der Waals surface area contributed by atoms with Crippen molar-refractivity contribution in [3.05, 3.63) is 48.3 Å². The molecule has 2 atom stereocenters. The Balaban J connectivity index is 1.87. The van der Waals surface area contributed by atoms with Crippen LogP contribution in [0.4, 0.5) is 0 Å². The zero-order valence-corrected chi connectivity index (χ0v) is 10.4. The third kappa shape index (κ3) is 2.24. The van der Waals surface area contributed by atoms with E-state index >= 15 is 0 Å². The Labute approximate surface area is 110 Å². The zero-order valence-electron chi connectivity index (χ0n) is 10.4. The maximum absolute atomic E-state index is 11.2. The van der Waals surface area contributed by atoms with E-state index in [1.165, 1.54) is 0 Å². The van der Waals surface area contributed by atoms with Crippen LogP contribution in [0.1, 0.15) is 17.9 Å². The van der Waals surface area contributed by atoms with Crippen molar-refractivity contribution in [2.45, 2.75) is 18.4 Å². The summed E-state index contributed by atoms with van der Waals surface area (Å²) >= 11 is 0. The van der Waals surface area contributed by atoms with E-state index in [1.807, 2.05) is 36.5 Å². The molecule has 2 heterocycles. The summed E-state index contributed by atoms with van der Waals surface area (Å²) in [6.07, 6.45) is 4.51. The predicted molar refractivity (Wildman–Crippen MR) is 70.3 cm³/mol. The van der Waals surface area contributed by atoms with E-state index in [9.17, 15) is 9.90 Å². The standard InChI is InChI=1S/C14H15N3O2/c18-14(19)13-12(6-7-15-13)10-8-16-17(9-10)11-4-2-1-3-5-11/h1-5,8-9,12-13,15H,6-7H2,(H,18,19).